The third kappa shape index (κ3) is 3.42. The largest absolute Gasteiger partial charge is 2.00 e. The number of aromatic nitrogens is 4. The van der Waals surface area contributed by atoms with Gasteiger partial charge in [0.2, 0.25) is 0 Å². The van der Waals surface area contributed by atoms with Crippen LogP contribution in [0.3, 0.4) is 0 Å². The molecule has 26 heavy (non-hydrogen) atoms. The molecule has 0 spiro atoms. The number of nitrogens with zero attached hydrogens (tertiary/aromatic N) is 4. The zero-order valence-electron chi connectivity index (χ0n) is 14.5. The van der Waals surface area contributed by atoms with Gasteiger partial charge in [0, 0.05) is 16.8 Å². The van der Waals surface area contributed by atoms with Gasteiger partial charge in [-0.05, 0) is 26.0 Å². The molecule has 5 heteroatoms. The van der Waals surface area contributed by atoms with Crippen molar-refractivity contribution in [3.63, 3.8) is 0 Å². The van der Waals surface area contributed by atoms with E-state index in [0.717, 1.165) is 23.0 Å². The second-order valence-corrected chi connectivity index (χ2v) is 6.40. The van der Waals surface area contributed by atoms with E-state index >= 15 is 0 Å². The van der Waals surface area contributed by atoms with Crippen LogP contribution in [0.4, 0.5) is 0 Å². The molecule has 0 saturated carbocycles. The second kappa shape index (κ2) is 7.43. The fourth-order valence-electron chi connectivity index (χ4n) is 2.82. The van der Waals surface area contributed by atoms with Gasteiger partial charge < -0.3 is 9.13 Å². The molecule has 4 nitrogen and oxygen atoms in total. The van der Waals surface area contributed by atoms with Crippen LogP contribution < -0.4 is 0 Å². The van der Waals surface area contributed by atoms with E-state index in [4.69, 9.17) is 9.97 Å². The van der Waals surface area contributed by atoms with Crippen LogP contribution in [0, 0.1) is 12.4 Å². The molecule has 0 radical (unpaired) electrons. The van der Waals surface area contributed by atoms with Crippen molar-refractivity contribution in [2.45, 2.75) is 19.3 Å². The average Bonchev–Trinajstić information content (AvgIpc) is 3.36. The Morgan fingerprint density at radius 1 is 0.731 bits per heavy atom. The monoisotopic (exact) mass is 521 g/mol. The van der Waals surface area contributed by atoms with Gasteiger partial charge in [-0.2, -0.15) is 12.1 Å². The van der Waals surface area contributed by atoms with Crippen LogP contribution >= 0.6 is 0 Å². The van der Waals surface area contributed by atoms with Gasteiger partial charge in [0.15, 0.2) is 0 Å². The third-order valence-electron chi connectivity index (χ3n) is 4.33. The zero-order valence-corrected chi connectivity index (χ0v) is 16.8. The summed E-state index contributed by atoms with van der Waals surface area (Å²) < 4.78 is 3.77. The molecule has 4 aromatic rings. The first-order valence-corrected chi connectivity index (χ1v) is 8.20. The summed E-state index contributed by atoms with van der Waals surface area (Å²) in [6.45, 7) is 4.29. The summed E-state index contributed by atoms with van der Waals surface area (Å²) in [6, 6.07) is 19.7. The van der Waals surface area contributed by atoms with Gasteiger partial charge in [-0.3, -0.25) is 9.97 Å². The summed E-state index contributed by atoms with van der Waals surface area (Å²) in [5.74, 6) is 1.70. The van der Waals surface area contributed by atoms with Crippen molar-refractivity contribution in [1.82, 2.24) is 19.1 Å². The Balaban J connectivity index is 0.00000196. The van der Waals surface area contributed by atoms with Gasteiger partial charge in [0.25, 0.3) is 0 Å². The normalized spacial score (nSPS) is 11.2. The summed E-state index contributed by atoms with van der Waals surface area (Å²) in [5, 5.41) is 0. The quantitative estimate of drug-likeness (QED) is 0.381. The smallest absolute Gasteiger partial charge is 0.436 e. The first-order chi connectivity index (χ1) is 12.1. The molecule has 0 amide bonds. The minimum Gasteiger partial charge on any atom is -0.436 e. The van der Waals surface area contributed by atoms with E-state index in [1.165, 1.54) is 0 Å². The van der Waals surface area contributed by atoms with Crippen LogP contribution in [0.25, 0.3) is 11.6 Å². The molecule has 0 saturated heterocycles. The van der Waals surface area contributed by atoms with Gasteiger partial charge in [0.05, 0.1) is 11.6 Å². The van der Waals surface area contributed by atoms with Crippen LogP contribution in [-0.4, -0.2) is 19.1 Å². The molecule has 4 heterocycles. The summed E-state index contributed by atoms with van der Waals surface area (Å²) in [7, 11) is 0. The van der Waals surface area contributed by atoms with Crippen molar-refractivity contribution in [3.05, 3.63) is 96.8 Å². The SMILES string of the molecule is CC(C)(c1cccc(-n2[c-]ccc2)n1)c1cccc(-n2[c-]ccc2)n1.[Pt+2]. The molecule has 0 unspecified atom stereocenters. The standard InChI is InChI=1S/C21H18N4.Pt/c1-21(2,17-9-7-11-19(22-17)24-13-3-4-14-24)18-10-8-12-20(23-18)25-15-5-6-16-25;/h3-13,15H,1-2H3;/q-2;+2. The Morgan fingerprint density at radius 3 is 1.58 bits per heavy atom. The fraction of sp³-hybridized carbons (Fsp3) is 0.143. The van der Waals surface area contributed by atoms with Crippen LogP contribution in [-0.2, 0) is 26.5 Å². The molecule has 0 N–H and O–H groups in total. The van der Waals surface area contributed by atoms with Gasteiger partial charge in [0.1, 0.15) is 0 Å². The topological polar surface area (TPSA) is 35.6 Å². The van der Waals surface area contributed by atoms with Crippen molar-refractivity contribution in [2.75, 3.05) is 0 Å². The molecular weight excluding hydrogens is 503 g/mol. The summed E-state index contributed by atoms with van der Waals surface area (Å²) in [4.78, 5) is 9.67. The summed E-state index contributed by atoms with van der Waals surface area (Å²) >= 11 is 0. The van der Waals surface area contributed by atoms with E-state index in [-0.39, 0.29) is 26.5 Å². The molecule has 4 rings (SSSR count). The molecule has 0 aliphatic heterocycles. The second-order valence-electron chi connectivity index (χ2n) is 6.40. The van der Waals surface area contributed by atoms with Crippen LogP contribution in [0.2, 0.25) is 0 Å². The summed E-state index contributed by atoms with van der Waals surface area (Å²) in [5.41, 5.74) is 1.60. The van der Waals surface area contributed by atoms with E-state index < -0.39 is 0 Å². The predicted octanol–water partition coefficient (Wildman–Crippen LogP) is 3.98. The van der Waals surface area contributed by atoms with Crippen LogP contribution in [0.5, 0.6) is 0 Å². The third-order valence-corrected chi connectivity index (χ3v) is 4.33. The van der Waals surface area contributed by atoms with E-state index in [1.54, 1.807) is 0 Å². The van der Waals surface area contributed by atoms with E-state index in [0.29, 0.717) is 0 Å². The van der Waals surface area contributed by atoms with Crippen LogP contribution in [0.15, 0.2) is 73.1 Å². The maximum absolute atomic E-state index is 4.83. The Kier molecular flexibility index (Phi) is 5.24. The van der Waals surface area contributed by atoms with Gasteiger partial charge in [-0.1, -0.05) is 36.7 Å². The zero-order chi connectivity index (χ0) is 17.3. The van der Waals surface area contributed by atoms with Gasteiger partial charge in [-0.25, -0.2) is 0 Å². The number of pyridine rings is 2. The summed E-state index contributed by atoms with van der Waals surface area (Å²) in [6.07, 6.45) is 10.1. The molecule has 0 aromatic carbocycles. The van der Waals surface area contributed by atoms with Crippen molar-refractivity contribution < 1.29 is 21.1 Å². The Labute approximate surface area is 167 Å². The first-order valence-electron chi connectivity index (χ1n) is 8.20. The van der Waals surface area contributed by atoms with Crippen molar-refractivity contribution in [1.29, 1.82) is 0 Å². The maximum atomic E-state index is 4.83. The Morgan fingerprint density at radius 2 is 1.19 bits per heavy atom. The maximum Gasteiger partial charge on any atom is 2.00 e. The average molecular weight is 521 g/mol. The number of hydrogen-bond acceptors (Lipinski definition) is 2. The Bertz CT molecular complexity index is 893. The van der Waals surface area contributed by atoms with E-state index in [1.807, 2.05) is 82.2 Å². The van der Waals surface area contributed by atoms with Crippen LogP contribution in [0.1, 0.15) is 25.2 Å². The van der Waals surface area contributed by atoms with Crippen molar-refractivity contribution >= 4 is 0 Å². The van der Waals surface area contributed by atoms with Gasteiger partial charge in [-0.15, -0.1) is 24.5 Å². The fourth-order valence-corrected chi connectivity index (χ4v) is 2.82. The molecule has 4 aromatic heterocycles. The molecule has 0 aliphatic carbocycles. The van der Waals surface area contributed by atoms with Crippen molar-refractivity contribution in [3.8, 4) is 11.6 Å². The minimum absolute atomic E-state index is 0. The first kappa shape index (κ1) is 18.3. The predicted molar refractivity (Wildman–Crippen MR) is 96.9 cm³/mol. The van der Waals surface area contributed by atoms with E-state index in [2.05, 4.69) is 26.2 Å². The molecule has 0 fully saturated rings. The molecule has 0 bridgehead atoms. The minimum atomic E-state index is -0.327. The molecule has 132 valence electrons. The Hall–Kier alpha value is -2.45. The number of rotatable bonds is 4. The number of hydrogen-bond donors (Lipinski definition) is 0. The molecular formula is C21H18N4Pt. The molecule has 0 aliphatic rings. The van der Waals surface area contributed by atoms with E-state index in [9.17, 15) is 0 Å². The van der Waals surface area contributed by atoms with Gasteiger partial charge >= 0.3 is 21.1 Å². The van der Waals surface area contributed by atoms with Crippen molar-refractivity contribution in [2.24, 2.45) is 0 Å². The molecule has 0 atom stereocenters.